The molecule has 1 rings (SSSR count). The molecular weight excluding hydrogens is 156 g/mol. The van der Waals surface area contributed by atoms with Crippen molar-refractivity contribution in [3.8, 4) is 0 Å². The third kappa shape index (κ3) is 2.38. The van der Waals surface area contributed by atoms with Crippen molar-refractivity contribution in [3.63, 3.8) is 0 Å². The van der Waals surface area contributed by atoms with E-state index in [0.29, 0.717) is 12.0 Å². The molecule has 1 aliphatic rings. The minimum absolute atomic E-state index is 0.322. The Bertz CT molecular complexity index is 108. The lowest BCUT2D eigenvalue weighted by Gasteiger charge is -2.25. The highest BCUT2D eigenvalue weighted by atomic mass is 32.2. The van der Waals surface area contributed by atoms with E-state index in [0.717, 1.165) is 0 Å². The van der Waals surface area contributed by atoms with Gasteiger partial charge in [-0.1, -0.05) is 12.8 Å². The number of rotatable bonds is 4. The van der Waals surface area contributed by atoms with Crippen LogP contribution in [0.15, 0.2) is 0 Å². The summed E-state index contributed by atoms with van der Waals surface area (Å²) in [6, 6.07) is 0. The molecule has 0 aromatic carbocycles. The van der Waals surface area contributed by atoms with E-state index in [1.807, 2.05) is 11.8 Å². The quantitative estimate of drug-likeness (QED) is 0.705. The maximum atomic E-state index is 9.23. The molecule has 0 atom stereocenters. The average molecular weight is 174 g/mol. The molecule has 11 heavy (non-hydrogen) atoms. The van der Waals surface area contributed by atoms with Crippen molar-refractivity contribution in [1.82, 2.24) is 0 Å². The first-order valence-corrected chi connectivity index (χ1v) is 5.82. The Balaban J connectivity index is 2.33. The van der Waals surface area contributed by atoms with E-state index in [-0.39, 0.29) is 0 Å². The molecule has 2 heteroatoms. The zero-order valence-electron chi connectivity index (χ0n) is 7.31. The van der Waals surface area contributed by atoms with Gasteiger partial charge in [-0.05, 0) is 36.7 Å². The zero-order valence-corrected chi connectivity index (χ0v) is 8.12. The van der Waals surface area contributed by atoms with Crippen LogP contribution in [0.4, 0.5) is 0 Å². The molecule has 0 bridgehead atoms. The number of hydrogen-bond donors (Lipinski definition) is 1. The van der Waals surface area contributed by atoms with Crippen LogP contribution in [0.3, 0.4) is 0 Å². The lowest BCUT2D eigenvalue weighted by molar-refractivity contribution is 0.127. The molecule has 1 saturated carbocycles. The summed E-state index contributed by atoms with van der Waals surface area (Å²) in [5.74, 6) is 1.21. The second kappa shape index (κ2) is 4.36. The fourth-order valence-corrected chi connectivity index (χ4v) is 2.57. The van der Waals surface area contributed by atoms with Gasteiger partial charge in [-0.15, -0.1) is 0 Å². The fourth-order valence-electron chi connectivity index (χ4n) is 1.93. The van der Waals surface area contributed by atoms with Gasteiger partial charge < -0.3 is 5.11 Å². The predicted molar refractivity (Wildman–Crippen MR) is 51.0 cm³/mol. The first kappa shape index (κ1) is 9.40. The van der Waals surface area contributed by atoms with Crippen LogP contribution in [0, 0.1) is 5.41 Å². The van der Waals surface area contributed by atoms with E-state index in [1.54, 1.807) is 0 Å². The second-order valence-corrected chi connectivity index (χ2v) is 4.59. The van der Waals surface area contributed by atoms with Crippen molar-refractivity contribution in [2.75, 3.05) is 18.6 Å². The summed E-state index contributed by atoms with van der Waals surface area (Å²) in [6.07, 6.45) is 8.52. The Labute approximate surface area is 73.6 Å². The third-order valence-electron chi connectivity index (χ3n) is 2.84. The van der Waals surface area contributed by atoms with Gasteiger partial charge >= 0.3 is 0 Å². The summed E-state index contributed by atoms with van der Waals surface area (Å²) in [4.78, 5) is 0. The third-order valence-corrected chi connectivity index (χ3v) is 3.45. The molecule has 0 heterocycles. The first-order chi connectivity index (χ1) is 5.33. The molecule has 0 aliphatic heterocycles. The molecule has 0 aromatic rings. The average Bonchev–Trinajstić information content (AvgIpc) is 2.50. The smallest absolute Gasteiger partial charge is 0.0487 e. The van der Waals surface area contributed by atoms with Crippen molar-refractivity contribution in [3.05, 3.63) is 0 Å². The van der Waals surface area contributed by atoms with Crippen LogP contribution in [0.25, 0.3) is 0 Å². The van der Waals surface area contributed by atoms with E-state index in [4.69, 9.17) is 0 Å². The highest BCUT2D eigenvalue weighted by Gasteiger charge is 2.32. The summed E-state index contributed by atoms with van der Waals surface area (Å²) >= 11 is 1.89. The Kier molecular flexibility index (Phi) is 3.73. The van der Waals surface area contributed by atoms with Crippen LogP contribution in [0.2, 0.25) is 0 Å². The maximum absolute atomic E-state index is 9.23. The van der Waals surface area contributed by atoms with E-state index < -0.39 is 0 Å². The van der Waals surface area contributed by atoms with Gasteiger partial charge in [0, 0.05) is 6.61 Å². The molecule has 66 valence electrons. The number of aliphatic hydroxyl groups is 1. The Morgan fingerprint density at radius 3 is 2.45 bits per heavy atom. The first-order valence-electron chi connectivity index (χ1n) is 4.43. The summed E-state index contributed by atoms with van der Waals surface area (Å²) in [7, 11) is 0. The van der Waals surface area contributed by atoms with Crippen molar-refractivity contribution >= 4 is 11.8 Å². The van der Waals surface area contributed by atoms with Crippen LogP contribution >= 0.6 is 11.8 Å². The van der Waals surface area contributed by atoms with Crippen LogP contribution < -0.4 is 0 Å². The Hall–Kier alpha value is 0.310. The SMILES string of the molecule is CSCCC1(CO)CCCC1. The molecule has 0 spiro atoms. The molecule has 1 fully saturated rings. The number of hydrogen-bond acceptors (Lipinski definition) is 2. The van der Waals surface area contributed by atoms with E-state index >= 15 is 0 Å². The molecule has 1 N–H and O–H groups in total. The molecule has 0 unspecified atom stereocenters. The summed E-state index contributed by atoms with van der Waals surface area (Å²) < 4.78 is 0. The molecular formula is C9H18OS. The van der Waals surface area contributed by atoms with Gasteiger partial charge in [0.1, 0.15) is 0 Å². The normalized spacial score (nSPS) is 22.4. The molecule has 0 radical (unpaired) electrons. The molecule has 1 nitrogen and oxygen atoms in total. The minimum atomic E-state index is 0.322. The van der Waals surface area contributed by atoms with Gasteiger partial charge in [0.2, 0.25) is 0 Å². The van der Waals surface area contributed by atoms with Gasteiger partial charge in [0.05, 0.1) is 0 Å². The fraction of sp³-hybridized carbons (Fsp3) is 1.00. The molecule has 0 saturated heterocycles. The Morgan fingerprint density at radius 2 is 2.00 bits per heavy atom. The highest BCUT2D eigenvalue weighted by Crippen LogP contribution is 2.40. The summed E-state index contributed by atoms with van der Waals surface area (Å²) in [5.41, 5.74) is 0.322. The van der Waals surface area contributed by atoms with Crippen molar-refractivity contribution in [2.24, 2.45) is 5.41 Å². The van der Waals surface area contributed by atoms with Crippen LogP contribution in [0.1, 0.15) is 32.1 Å². The number of aliphatic hydroxyl groups excluding tert-OH is 1. The monoisotopic (exact) mass is 174 g/mol. The van der Waals surface area contributed by atoms with Crippen molar-refractivity contribution in [1.29, 1.82) is 0 Å². The summed E-state index contributed by atoms with van der Waals surface area (Å²) in [6.45, 7) is 0.410. The van der Waals surface area contributed by atoms with Gasteiger partial charge in [-0.25, -0.2) is 0 Å². The minimum Gasteiger partial charge on any atom is -0.396 e. The predicted octanol–water partition coefficient (Wildman–Crippen LogP) is 2.29. The van der Waals surface area contributed by atoms with Crippen LogP contribution in [-0.4, -0.2) is 23.7 Å². The van der Waals surface area contributed by atoms with Crippen molar-refractivity contribution < 1.29 is 5.11 Å². The Morgan fingerprint density at radius 1 is 1.36 bits per heavy atom. The summed E-state index contributed by atoms with van der Waals surface area (Å²) in [5, 5.41) is 9.23. The van der Waals surface area contributed by atoms with Crippen LogP contribution in [-0.2, 0) is 0 Å². The zero-order chi connectivity index (χ0) is 8.16. The highest BCUT2D eigenvalue weighted by molar-refractivity contribution is 7.98. The lowest BCUT2D eigenvalue weighted by atomic mass is 9.84. The molecule has 1 aliphatic carbocycles. The van der Waals surface area contributed by atoms with Crippen molar-refractivity contribution in [2.45, 2.75) is 32.1 Å². The molecule has 0 aromatic heterocycles. The van der Waals surface area contributed by atoms with E-state index in [9.17, 15) is 5.11 Å². The topological polar surface area (TPSA) is 20.2 Å². The largest absolute Gasteiger partial charge is 0.396 e. The maximum Gasteiger partial charge on any atom is 0.0487 e. The van der Waals surface area contributed by atoms with Gasteiger partial charge in [0.25, 0.3) is 0 Å². The van der Waals surface area contributed by atoms with Gasteiger partial charge in [-0.3, -0.25) is 0 Å². The van der Waals surface area contributed by atoms with E-state index in [1.165, 1.54) is 37.9 Å². The van der Waals surface area contributed by atoms with Gasteiger partial charge in [-0.2, -0.15) is 11.8 Å². The number of thioether (sulfide) groups is 1. The molecule has 0 amide bonds. The van der Waals surface area contributed by atoms with Gasteiger partial charge in [0.15, 0.2) is 0 Å². The lowest BCUT2D eigenvalue weighted by Crippen LogP contribution is -2.22. The van der Waals surface area contributed by atoms with E-state index in [2.05, 4.69) is 6.26 Å². The standard InChI is InChI=1S/C9H18OS/c1-11-7-6-9(8-10)4-2-3-5-9/h10H,2-8H2,1H3. The van der Waals surface area contributed by atoms with Crippen LogP contribution in [0.5, 0.6) is 0 Å². The second-order valence-electron chi connectivity index (χ2n) is 3.61.